The highest BCUT2D eigenvalue weighted by Gasteiger charge is 2.08. The zero-order valence-electron chi connectivity index (χ0n) is 8.68. The normalized spacial score (nSPS) is 10.5. The standard InChI is InChI=1S/C11H13Cl2NO/c1-7(2)14-11(15)5-8-3-4-9(12)6-10(8)13/h3-4,6-7H,5H2,1-2H3,(H,14,15). The molecule has 0 atom stereocenters. The predicted molar refractivity (Wildman–Crippen MR) is 63.4 cm³/mol. The fraction of sp³-hybridized carbons (Fsp3) is 0.364. The van der Waals surface area contributed by atoms with E-state index in [-0.39, 0.29) is 18.4 Å². The van der Waals surface area contributed by atoms with Crippen molar-refractivity contribution < 1.29 is 4.79 Å². The van der Waals surface area contributed by atoms with E-state index in [0.29, 0.717) is 10.0 Å². The highest BCUT2D eigenvalue weighted by atomic mass is 35.5. The molecule has 2 nitrogen and oxygen atoms in total. The van der Waals surface area contributed by atoms with Crippen LogP contribution in [0.25, 0.3) is 0 Å². The molecule has 0 aliphatic rings. The summed E-state index contributed by atoms with van der Waals surface area (Å²) in [6, 6.07) is 5.28. The molecule has 4 heteroatoms. The Bertz CT molecular complexity index is 364. The quantitative estimate of drug-likeness (QED) is 0.872. The van der Waals surface area contributed by atoms with Gasteiger partial charge in [-0.25, -0.2) is 0 Å². The van der Waals surface area contributed by atoms with Gasteiger partial charge >= 0.3 is 0 Å². The fourth-order valence-electron chi connectivity index (χ4n) is 1.21. The molecule has 82 valence electrons. The molecule has 1 N–H and O–H groups in total. The lowest BCUT2D eigenvalue weighted by Gasteiger charge is -2.09. The molecule has 0 fully saturated rings. The van der Waals surface area contributed by atoms with Crippen LogP contribution in [0.15, 0.2) is 18.2 Å². The SMILES string of the molecule is CC(C)NC(=O)Cc1ccc(Cl)cc1Cl. The molecule has 0 unspecified atom stereocenters. The van der Waals surface area contributed by atoms with Crippen LogP contribution in [0, 0.1) is 0 Å². The van der Waals surface area contributed by atoms with Gasteiger partial charge in [0.2, 0.25) is 5.91 Å². The fourth-order valence-corrected chi connectivity index (χ4v) is 1.69. The molecule has 0 saturated carbocycles. The first kappa shape index (κ1) is 12.3. The van der Waals surface area contributed by atoms with E-state index in [1.54, 1.807) is 18.2 Å². The first-order valence-electron chi connectivity index (χ1n) is 4.72. The van der Waals surface area contributed by atoms with E-state index in [1.807, 2.05) is 13.8 Å². The molecule has 0 aliphatic heterocycles. The van der Waals surface area contributed by atoms with Crippen molar-refractivity contribution in [1.29, 1.82) is 0 Å². The number of rotatable bonds is 3. The lowest BCUT2D eigenvalue weighted by molar-refractivity contribution is -0.120. The van der Waals surface area contributed by atoms with Gasteiger partial charge in [0.15, 0.2) is 0 Å². The molecule has 15 heavy (non-hydrogen) atoms. The summed E-state index contributed by atoms with van der Waals surface area (Å²) in [7, 11) is 0. The van der Waals surface area contributed by atoms with Gasteiger partial charge in [0.25, 0.3) is 0 Å². The molecule has 1 rings (SSSR count). The number of nitrogens with one attached hydrogen (secondary N) is 1. The van der Waals surface area contributed by atoms with Crippen molar-refractivity contribution in [2.45, 2.75) is 26.3 Å². The summed E-state index contributed by atoms with van der Waals surface area (Å²) < 4.78 is 0. The minimum Gasteiger partial charge on any atom is -0.354 e. The van der Waals surface area contributed by atoms with Crippen molar-refractivity contribution in [2.24, 2.45) is 0 Å². The summed E-state index contributed by atoms with van der Waals surface area (Å²) in [6.07, 6.45) is 0.286. The summed E-state index contributed by atoms with van der Waals surface area (Å²) in [6.45, 7) is 3.84. The van der Waals surface area contributed by atoms with Gasteiger partial charge < -0.3 is 5.32 Å². The smallest absolute Gasteiger partial charge is 0.224 e. The van der Waals surface area contributed by atoms with E-state index in [1.165, 1.54) is 0 Å². The first-order chi connectivity index (χ1) is 6.99. The third-order valence-electron chi connectivity index (χ3n) is 1.82. The molecule has 1 aromatic rings. The molecule has 0 aromatic heterocycles. The van der Waals surface area contributed by atoms with Crippen LogP contribution in [-0.2, 0) is 11.2 Å². The largest absolute Gasteiger partial charge is 0.354 e. The van der Waals surface area contributed by atoms with Gasteiger partial charge in [-0.1, -0.05) is 29.3 Å². The Morgan fingerprint density at radius 3 is 2.60 bits per heavy atom. The van der Waals surface area contributed by atoms with Gasteiger partial charge in [-0.05, 0) is 31.5 Å². The van der Waals surface area contributed by atoms with E-state index in [0.717, 1.165) is 5.56 Å². The first-order valence-corrected chi connectivity index (χ1v) is 5.48. The average molecular weight is 246 g/mol. The van der Waals surface area contributed by atoms with Crippen LogP contribution in [0.3, 0.4) is 0 Å². The highest BCUT2D eigenvalue weighted by molar-refractivity contribution is 6.35. The number of hydrogen-bond donors (Lipinski definition) is 1. The predicted octanol–water partition coefficient (Wildman–Crippen LogP) is 3.06. The number of carbonyl (C=O) groups excluding carboxylic acids is 1. The lowest BCUT2D eigenvalue weighted by atomic mass is 10.1. The Hall–Kier alpha value is -0.730. The average Bonchev–Trinajstić information content (AvgIpc) is 2.08. The van der Waals surface area contributed by atoms with Crippen LogP contribution in [0.5, 0.6) is 0 Å². The second-order valence-electron chi connectivity index (χ2n) is 3.63. The molecule has 0 radical (unpaired) electrons. The molecule has 1 amide bonds. The molecule has 0 heterocycles. The maximum absolute atomic E-state index is 11.5. The topological polar surface area (TPSA) is 29.1 Å². The van der Waals surface area contributed by atoms with Crippen LogP contribution < -0.4 is 5.32 Å². The van der Waals surface area contributed by atoms with E-state index in [2.05, 4.69) is 5.32 Å². The van der Waals surface area contributed by atoms with Gasteiger partial charge in [-0.2, -0.15) is 0 Å². The zero-order valence-corrected chi connectivity index (χ0v) is 10.2. The zero-order chi connectivity index (χ0) is 11.4. The Morgan fingerprint density at radius 1 is 1.40 bits per heavy atom. The molecule has 0 saturated heterocycles. The van der Waals surface area contributed by atoms with Crippen molar-refractivity contribution in [3.63, 3.8) is 0 Å². The molecular weight excluding hydrogens is 233 g/mol. The number of amides is 1. The van der Waals surface area contributed by atoms with Crippen LogP contribution >= 0.6 is 23.2 Å². The van der Waals surface area contributed by atoms with Crippen molar-refractivity contribution in [3.05, 3.63) is 33.8 Å². The summed E-state index contributed by atoms with van der Waals surface area (Å²) in [5.74, 6) is -0.0331. The maximum Gasteiger partial charge on any atom is 0.224 e. The second-order valence-corrected chi connectivity index (χ2v) is 4.48. The highest BCUT2D eigenvalue weighted by Crippen LogP contribution is 2.21. The minimum atomic E-state index is -0.0331. The Labute approximate surface area is 99.6 Å². The third-order valence-corrected chi connectivity index (χ3v) is 2.40. The summed E-state index contributed by atoms with van der Waals surface area (Å²) in [4.78, 5) is 11.5. The van der Waals surface area contributed by atoms with Gasteiger partial charge in [0.1, 0.15) is 0 Å². The van der Waals surface area contributed by atoms with Crippen LogP contribution in [-0.4, -0.2) is 11.9 Å². The summed E-state index contributed by atoms with van der Waals surface area (Å²) in [5.41, 5.74) is 0.791. The van der Waals surface area contributed by atoms with Gasteiger partial charge in [0, 0.05) is 16.1 Å². The molecular formula is C11H13Cl2NO. The monoisotopic (exact) mass is 245 g/mol. The molecule has 1 aromatic carbocycles. The van der Waals surface area contributed by atoms with Crippen molar-refractivity contribution in [2.75, 3.05) is 0 Å². The van der Waals surface area contributed by atoms with Crippen molar-refractivity contribution in [1.82, 2.24) is 5.32 Å². The van der Waals surface area contributed by atoms with Gasteiger partial charge in [-0.15, -0.1) is 0 Å². The van der Waals surface area contributed by atoms with Gasteiger partial charge in [-0.3, -0.25) is 4.79 Å². The number of carbonyl (C=O) groups is 1. The number of halogens is 2. The molecule has 0 spiro atoms. The summed E-state index contributed by atoms with van der Waals surface area (Å²) in [5, 5.41) is 3.91. The number of benzene rings is 1. The summed E-state index contributed by atoms with van der Waals surface area (Å²) >= 11 is 11.7. The number of hydrogen-bond acceptors (Lipinski definition) is 1. The molecule has 0 aliphatic carbocycles. The second kappa shape index (κ2) is 5.38. The van der Waals surface area contributed by atoms with Crippen molar-refractivity contribution in [3.8, 4) is 0 Å². The van der Waals surface area contributed by atoms with E-state index >= 15 is 0 Å². The Balaban J connectivity index is 2.68. The van der Waals surface area contributed by atoms with Crippen LogP contribution in [0.2, 0.25) is 10.0 Å². The van der Waals surface area contributed by atoms with E-state index in [9.17, 15) is 4.79 Å². The van der Waals surface area contributed by atoms with E-state index in [4.69, 9.17) is 23.2 Å². The van der Waals surface area contributed by atoms with Crippen LogP contribution in [0.1, 0.15) is 19.4 Å². The lowest BCUT2D eigenvalue weighted by Crippen LogP contribution is -2.31. The third kappa shape index (κ3) is 4.10. The Morgan fingerprint density at radius 2 is 2.07 bits per heavy atom. The Kier molecular flexibility index (Phi) is 4.43. The van der Waals surface area contributed by atoms with Crippen LogP contribution in [0.4, 0.5) is 0 Å². The van der Waals surface area contributed by atoms with Gasteiger partial charge in [0.05, 0.1) is 6.42 Å². The van der Waals surface area contributed by atoms with E-state index < -0.39 is 0 Å². The molecule has 0 bridgehead atoms. The van der Waals surface area contributed by atoms with Crippen molar-refractivity contribution >= 4 is 29.1 Å². The minimum absolute atomic E-state index is 0.0331. The maximum atomic E-state index is 11.5.